The van der Waals surface area contributed by atoms with Crippen LogP contribution in [0.3, 0.4) is 0 Å². The van der Waals surface area contributed by atoms with Crippen LogP contribution >= 0.6 is 11.8 Å². The number of thioether (sulfide) groups is 1. The number of rotatable bonds is 4. The number of imidazole rings is 1. The van der Waals surface area contributed by atoms with E-state index in [0.29, 0.717) is 0 Å². The van der Waals surface area contributed by atoms with E-state index in [2.05, 4.69) is 27.0 Å². The first-order chi connectivity index (χ1) is 10.5. The zero-order valence-corrected chi connectivity index (χ0v) is 13.4. The summed E-state index contributed by atoms with van der Waals surface area (Å²) in [5, 5.41) is 12.4. The Balaban J connectivity index is 1.82. The molecule has 1 fully saturated rings. The van der Waals surface area contributed by atoms with Gasteiger partial charge in [-0.15, -0.1) is 11.8 Å². The third kappa shape index (κ3) is 2.89. The zero-order valence-electron chi connectivity index (χ0n) is 12.6. The number of carboxylic acids is 1. The molecule has 3 rings (SSSR count). The Morgan fingerprint density at radius 3 is 2.77 bits per heavy atom. The maximum Gasteiger partial charge on any atom is 0.322 e. The van der Waals surface area contributed by atoms with E-state index in [0.717, 1.165) is 12.4 Å². The Bertz CT molecular complexity index is 669. The molecule has 1 aliphatic heterocycles. The number of aromatic nitrogens is 2. The summed E-state index contributed by atoms with van der Waals surface area (Å²) in [6, 6.07) is 9.58. The molecule has 0 bridgehead atoms. The lowest BCUT2D eigenvalue weighted by atomic mass is 10.0. The van der Waals surface area contributed by atoms with Gasteiger partial charge in [-0.05, 0) is 19.4 Å². The molecule has 0 saturated carbocycles. The zero-order chi connectivity index (χ0) is 15.7. The van der Waals surface area contributed by atoms with Crippen molar-refractivity contribution in [2.24, 2.45) is 0 Å². The van der Waals surface area contributed by atoms with Gasteiger partial charge >= 0.3 is 5.97 Å². The quantitative estimate of drug-likeness (QED) is 0.907. The molecule has 2 unspecified atom stereocenters. The SMILES string of the molecule is CC1(C)SC(c2nccn2Cc2ccccc2)NC1C(=O)O. The second-order valence-corrected chi connectivity index (χ2v) is 7.70. The fourth-order valence-corrected chi connectivity index (χ4v) is 4.14. The lowest BCUT2D eigenvalue weighted by Crippen LogP contribution is -2.43. The molecular formula is C16H19N3O2S. The number of carboxylic acid groups (broad SMARTS) is 1. The van der Waals surface area contributed by atoms with Crippen LogP contribution in [0.2, 0.25) is 0 Å². The summed E-state index contributed by atoms with van der Waals surface area (Å²) in [6.45, 7) is 4.63. The Morgan fingerprint density at radius 2 is 2.14 bits per heavy atom. The minimum absolute atomic E-state index is 0.116. The van der Waals surface area contributed by atoms with Crippen molar-refractivity contribution in [3.8, 4) is 0 Å². The lowest BCUT2D eigenvalue weighted by Gasteiger charge is -2.20. The summed E-state index contributed by atoms with van der Waals surface area (Å²) in [5.41, 5.74) is 1.19. The topological polar surface area (TPSA) is 67.2 Å². The van der Waals surface area contributed by atoms with Crippen molar-refractivity contribution in [2.75, 3.05) is 0 Å². The van der Waals surface area contributed by atoms with Crippen molar-refractivity contribution in [1.82, 2.24) is 14.9 Å². The smallest absolute Gasteiger partial charge is 0.322 e. The van der Waals surface area contributed by atoms with E-state index >= 15 is 0 Å². The Hall–Kier alpha value is -1.79. The van der Waals surface area contributed by atoms with Crippen molar-refractivity contribution in [3.05, 3.63) is 54.1 Å². The molecule has 0 radical (unpaired) electrons. The van der Waals surface area contributed by atoms with Gasteiger partial charge in [0.05, 0.1) is 0 Å². The first-order valence-corrected chi connectivity index (χ1v) is 8.07. The van der Waals surface area contributed by atoms with Crippen molar-refractivity contribution in [3.63, 3.8) is 0 Å². The average molecular weight is 317 g/mol. The maximum absolute atomic E-state index is 11.4. The Morgan fingerprint density at radius 1 is 1.41 bits per heavy atom. The third-order valence-corrected chi connectivity index (χ3v) is 5.29. The number of carbonyl (C=O) groups is 1. The number of aliphatic carboxylic acids is 1. The molecule has 2 atom stereocenters. The molecule has 1 saturated heterocycles. The molecule has 1 aliphatic rings. The van der Waals surface area contributed by atoms with Gasteiger partial charge in [-0.2, -0.15) is 0 Å². The highest BCUT2D eigenvalue weighted by Gasteiger charge is 2.46. The summed E-state index contributed by atoms with van der Waals surface area (Å²) >= 11 is 1.61. The number of nitrogens with zero attached hydrogens (tertiary/aromatic N) is 2. The summed E-state index contributed by atoms with van der Waals surface area (Å²) in [5.74, 6) is 0.0480. The van der Waals surface area contributed by atoms with E-state index in [4.69, 9.17) is 0 Å². The van der Waals surface area contributed by atoms with E-state index in [-0.39, 0.29) is 10.1 Å². The first kappa shape index (κ1) is 15.1. The Kier molecular flexibility index (Phi) is 3.97. The summed E-state index contributed by atoms with van der Waals surface area (Å²) in [7, 11) is 0. The van der Waals surface area contributed by atoms with Crippen LogP contribution in [0.4, 0.5) is 0 Å². The first-order valence-electron chi connectivity index (χ1n) is 7.19. The molecule has 6 heteroatoms. The molecule has 5 nitrogen and oxygen atoms in total. The van der Waals surface area contributed by atoms with Crippen molar-refractivity contribution < 1.29 is 9.90 Å². The second kappa shape index (κ2) is 5.78. The van der Waals surface area contributed by atoms with Crippen LogP contribution in [0.25, 0.3) is 0 Å². The fraction of sp³-hybridized carbons (Fsp3) is 0.375. The third-order valence-electron chi connectivity index (χ3n) is 3.86. The van der Waals surface area contributed by atoms with Crippen LogP contribution in [-0.2, 0) is 11.3 Å². The van der Waals surface area contributed by atoms with Crippen molar-refractivity contribution in [1.29, 1.82) is 0 Å². The second-order valence-electron chi connectivity index (χ2n) is 5.94. The molecule has 2 N–H and O–H groups in total. The molecule has 2 aromatic rings. The van der Waals surface area contributed by atoms with E-state index < -0.39 is 12.0 Å². The fourth-order valence-electron chi connectivity index (χ4n) is 2.73. The highest BCUT2D eigenvalue weighted by molar-refractivity contribution is 8.01. The van der Waals surface area contributed by atoms with E-state index in [1.54, 1.807) is 18.0 Å². The standard InChI is InChI=1S/C16H19N3O2S/c1-16(2)12(15(20)21)18-14(22-16)13-17-8-9-19(13)10-11-6-4-3-5-7-11/h3-9,12,14,18H,10H2,1-2H3,(H,20,21). The summed E-state index contributed by atoms with van der Waals surface area (Å²) in [4.78, 5) is 15.8. The molecule has 0 amide bonds. The monoisotopic (exact) mass is 317 g/mol. The molecular weight excluding hydrogens is 298 g/mol. The molecule has 1 aromatic heterocycles. The summed E-state index contributed by atoms with van der Waals surface area (Å²) < 4.78 is 1.69. The van der Waals surface area contributed by atoms with Crippen molar-refractivity contribution in [2.45, 2.75) is 36.6 Å². The van der Waals surface area contributed by atoms with E-state index in [1.807, 2.05) is 38.2 Å². The van der Waals surface area contributed by atoms with Crippen LogP contribution in [0.5, 0.6) is 0 Å². The van der Waals surface area contributed by atoms with Gasteiger partial charge in [-0.1, -0.05) is 30.3 Å². The molecule has 0 spiro atoms. The minimum atomic E-state index is -0.818. The Labute approximate surface area is 133 Å². The predicted molar refractivity (Wildman–Crippen MR) is 86.7 cm³/mol. The molecule has 1 aromatic carbocycles. The van der Waals surface area contributed by atoms with E-state index in [9.17, 15) is 9.90 Å². The van der Waals surface area contributed by atoms with Crippen molar-refractivity contribution >= 4 is 17.7 Å². The number of hydrogen-bond donors (Lipinski definition) is 2. The maximum atomic E-state index is 11.4. The van der Waals surface area contributed by atoms with Gasteiger partial charge in [0, 0.05) is 23.7 Å². The largest absolute Gasteiger partial charge is 0.480 e. The van der Waals surface area contributed by atoms with Gasteiger partial charge < -0.3 is 9.67 Å². The van der Waals surface area contributed by atoms with Gasteiger partial charge in [0.25, 0.3) is 0 Å². The van der Waals surface area contributed by atoms with Crippen LogP contribution in [0.1, 0.15) is 30.6 Å². The minimum Gasteiger partial charge on any atom is -0.480 e. The molecule has 2 heterocycles. The molecule has 22 heavy (non-hydrogen) atoms. The molecule has 0 aliphatic carbocycles. The van der Waals surface area contributed by atoms with Gasteiger partial charge in [0.2, 0.25) is 0 Å². The van der Waals surface area contributed by atoms with Crippen LogP contribution in [0, 0.1) is 0 Å². The number of nitrogens with one attached hydrogen (secondary N) is 1. The van der Waals surface area contributed by atoms with Gasteiger partial charge in [0.15, 0.2) is 0 Å². The average Bonchev–Trinajstić information content (AvgIpc) is 3.03. The normalized spacial score (nSPS) is 23.5. The lowest BCUT2D eigenvalue weighted by molar-refractivity contribution is -0.139. The van der Waals surface area contributed by atoms with Gasteiger partial charge in [-0.3, -0.25) is 10.1 Å². The van der Waals surface area contributed by atoms with Gasteiger partial charge in [-0.25, -0.2) is 4.98 Å². The molecule has 116 valence electrons. The van der Waals surface area contributed by atoms with Crippen LogP contribution in [-0.4, -0.2) is 31.4 Å². The van der Waals surface area contributed by atoms with E-state index in [1.165, 1.54) is 5.56 Å². The van der Waals surface area contributed by atoms with Crippen LogP contribution < -0.4 is 5.32 Å². The highest BCUT2D eigenvalue weighted by atomic mass is 32.2. The van der Waals surface area contributed by atoms with Crippen LogP contribution in [0.15, 0.2) is 42.7 Å². The highest BCUT2D eigenvalue weighted by Crippen LogP contribution is 2.45. The predicted octanol–water partition coefficient (Wildman–Crippen LogP) is 2.50. The number of benzene rings is 1. The summed E-state index contributed by atoms with van der Waals surface area (Å²) in [6.07, 6.45) is 3.70. The van der Waals surface area contributed by atoms with Gasteiger partial charge in [0.1, 0.15) is 17.2 Å². The number of hydrogen-bond acceptors (Lipinski definition) is 4.